The van der Waals surface area contributed by atoms with E-state index >= 15 is 0 Å². The maximum Gasteiger partial charge on any atom is 0.319 e. The average Bonchev–Trinajstić information content (AvgIpc) is 2.42. The molecule has 0 aliphatic rings. The lowest BCUT2D eigenvalue weighted by molar-refractivity contribution is -0.304. The summed E-state index contributed by atoms with van der Waals surface area (Å²) in [5, 5.41) is 0. The Labute approximate surface area is 158 Å². The molecule has 0 rings (SSSR count). The fourth-order valence-corrected chi connectivity index (χ4v) is 3.60. The molecule has 0 amide bonds. The fourth-order valence-electron chi connectivity index (χ4n) is 1.25. The third kappa shape index (κ3) is 13.2. The van der Waals surface area contributed by atoms with Crippen LogP contribution in [0, 0.1) is 0 Å². The second kappa shape index (κ2) is 14.8. The Morgan fingerprint density at radius 3 is 0.679 bits per heavy atom. The Morgan fingerprint density at radius 2 is 0.571 bits per heavy atom. The summed E-state index contributed by atoms with van der Waals surface area (Å²) in [4.78, 5) is 52.8. The zero-order valence-corrected chi connectivity index (χ0v) is 18.8. The van der Waals surface area contributed by atoms with Gasteiger partial charge in [0.25, 0.3) is 0 Å². The molecular formula is C3H15NO18P6. The van der Waals surface area contributed by atoms with Gasteiger partial charge in [0.1, 0.15) is 0 Å². The normalized spacial score (nSPS) is 22.0. The second-order valence-corrected chi connectivity index (χ2v) is 8.28. The molecule has 19 nitrogen and oxygen atoms in total. The van der Waals surface area contributed by atoms with Crippen LogP contribution in [0.1, 0.15) is 0 Å². The van der Waals surface area contributed by atoms with Crippen LogP contribution in [0.5, 0.6) is 0 Å². The van der Waals surface area contributed by atoms with Gasteiger partial charge in [-0.25, -0.2) is 0 Å². The van der Waals surface area contributed by atoms with E-state index in [1.807, 2.05) is 0 Å². The van der Waals surface area contributed by atoms with Gasteiger partial charge < -0.3 is 29.4 Å². The molecule has 0 fully saturated rings. The van der Waals surface area contributed by atoms with Crippen molar-refractivity contribution in [1.82, 2.24) is 4.90 Å². The fraction of sp³-hybridized carbons (Fsp3) is 1.00. The highest BCUT2D eigenvalue weighted by atomic mass is 31.1. The van der Waals surface area contributed by atoms with Gasteiger partial charge in [-0.05, 0) is 0 Å². The van der Waals surface area contributed by atoms with E-state index in [9.17, 15) is 27.4 Å². The van der Waals surface area contributed by atoms with Crippen LogP contribution in [-0.2, 0) is 54.5 Å². The van der Waals surface area contributed by atoms with Crippen molar-refractivity contribution < 1.29 is 83.9 Å². The Hall–Kier alpha value is 0.860. The molecule has 0 saturated carbocycles. The number of hydrogen-bond acceptors (Lipinski definition) is 13. The Balaban J connectivity index is 6.33. The van der Waals surface area contributed by atoms with Crippen LogP contribution in [-0.4, -0.2) is 53.5 Å². The summed E-state index contributed by atoms with van der Waals surface area (Å²) < 4.78 is 90.6. The van der Waals surface area contributed by atoms with E-state index < -0.39 is 68.8 Å². The Morgan fingerprint density at radius 1 is 0.429 bits per heavy atom. The van der Waals surface area contributed by atoms with E-state index in [4.69, 9.17) is 29.4 Å². The summed E-state index contributed by atoms with van der Waals surface area (Å²) in [5.74, 6) is 0. The lowest BCUT2D eigenvalue weighted by atomic mass is 10.7. The molecule has 6 atom stereocenters. The van der Waals surface area contributed by atoms with Crippen molar-refractivity contribution in [2.45, 2.75) is 19.2 Å². The first-order chi connectivity index (χ1) is 12.8. The smallest absolute Gasteiger partial charge is 0.319 e. The molecule has 0 heterocycles. The molecule has 0 aromatic rings. The first-order valence-corrected chi connectivity index (χ1v) is 13.6. The van der Waals surface area contributed by atoms with Crippen LogP contribution < -0.4 is 0 Å². The van der Waals surface area contributed by atoms with Gasteiger partial charge in [-0.3, -0.25) is 54.5 Å². The number of rotatable bonds is 15. The van der Waals surface area contributed by atoms with E-state index in [2.05, 4.69) is 27.1 Å². The van der Waals surface area contributed by atoms with Crippen molar-refractivity contribution in [3.63, 3.8) is 0 Å². The van der Waals surface area contributed by atoms with Crippen LogP contribution in [0.25, 0.3) is 0 Å². The molecule has 0 aliphatic carbocycles. The quantitative estimate of drug-likeness (QED) is 0.102. The first kappa shape index (κ1) is 28.9. The van der Waals surface area contributed by atoms with Gasteiger partial charge in [-0.2, -0.15) is 4.90 Å². The SMILES string of the molecule is O=[PH](O)OC(O[PH](=O)O)N(C(O[PH](=O)O)O[PH](=O)O)C(O[PH](=O)O)O[PH](=O)O. The van der Waals surface area contributed by atoms with E-state index in [0.29, 0.717) is 0 Å². The van der Waals surface area contributed by atoms with Crippen LogP contribution in [0.15, 0.2) is 0 Å². The van der Waals surface area contributed by atoms with E-state index in [0.717, 1.165) is 0 Å². The number of hydrogen-bond donors (Lipinski definition) is 6. The molecule has 0 radical (unpaired) electrons. The monoisotopic (exact) mass is 539 g/mol. The van der Waals surface area contributed by atoms with Crippen molar-refractivity contribution in [3.8, 4) is 0 Å². The van der Waals surface area contributed by atoms with Gasteiger partial charge in [0.2, 0.25) is 19.2 Å². The maximum absolute atomic E-state index is 10.9. The molecule has 0 aromatic carbocycles. The van der Waals surface area contributed by atoms with Gasteiger partial charge in [0, 0.05) is 0 Å². The highest BCUT2D eigenvalue weighted by molar-refractivity contribution is 7.33. The Kier molecular flexibility index (Phi) is 15.2. The van der Waals surface area contributed by atoms with Crippen molar-refractivity contribution in [2.75, 3.05) is 0 Å². The molecule has 6 N–H and O–H groups in total. The van der Waals surface area contributed by atoms with Crippen molar-refractivity contribution in [3.05, 3.63) is 0 Å². The predicted octanol–water partition coefficient (Wildman–Crippen LogP) is -1.47. The highest BCUT2D eigenvalue weighted by Gasteiger charge is 2.42. The van der Waals surface area contributed by atoms with Crippen molar-refractivity contribution >= 4 is 49.5 Å². The predicted molar refractivity (Wildman–Crippen MR) is 87.0 cm³/mol. The zero-order valence-electron chi connectivity index (χ0n) is 12.8. The summed E-state index contributed by atoms with van der Waals surface area (Å²) in [7, 11) is -24.6. The lowest BCUT2D eigenvalue weighted by Crippen LogP contribution is -2.52. The summed E-state index contributed by atoms with van der Waals surface area (Å²) in [6.45, 7) is 0. The molecule has 0 aliphatic heterocycles. The first-order valence-electron chi connectivity index (χ1n) is 5.98. The molecule has 0 aromatic heterocycles. The molecule has 25 heteroatoms. The summed E-state index contributed by atoms with van der Waals surface area (Å²) in [6.07, 6.45) is -8.23. The third-order valence-corrected chi connectivity index (χ3v) is 4.36. The molecule has 0 saturated heterocycles. The summed E-state index contributed by atoms with van der Waals surface area (Å²) in [5.41, 5.74) is 0. The number of nitrogens with zero attached hydrogens (tertiary/aromatic N) is 1. The Bertz CT molecular complexity index is 503. The summed E-state index contributed by atoms with van der Waals surface area (Å²) in [6, 6.07) is 0. The largest absolute Gasteiger partial charge is 0.326 e. The topological polar surface area (TPSA) is 282 Å². The van der Waals surface area contributed by atoms with Gasteiger partial charge in [-0.1, -0.05) is 0 Å². The standard InChI is InChI=1S/C3H15NO18P6/c5-23(6)17-1(18-24(7)8)4(2(19-25(9)10)20-26(11)12)3(21-27(13)14)22-28(15)16/h1-3,23-28H,(H,5,6)(H,7,8)(H,9,10)(H,11,12)(H,13,14)(H,15,16). The molecule has 0 spiro atoms. The van der Waals surface area contributed by atoms with Crippen LogP contribution in [0.3, 0.4) is 0 Å². The van der Waals surface area contributed by atoms with E-state index in [1.54, 1.807) is 0 Å². The van der Waals surface area contributed by atoms with Crippen molar-refractivity contribution in [1.29, 1.82) is 0 Å². The van der Waals surface area contributed by atoms with E-state index in [1.165, 1.54) is 0 Å². The molecule has 6 unspecified atom stereocenters. The minimum atomic E-state index is -4.10. The van der Waals surface area contributed by atoms with Gasteiger partial charge >= 0.3 is 49.5 Å². The van der Waals surface area contributed by atoms with Gasteiger partial charge in [-0.15, -0.1) is 0 Å². The van der Waals surface area contributed by atoms with Crippen LogP contribution in [0.4, 0.5) is 0 Å². The molecule has 0 bridgehead atoms. The van der Waals surface area contributed by atoms with Gasteiger partial charge in [0.05, 0.1) is 0 Å². The summed E-state index contributed by atoms with van der Waals surface area (Å²) >= 11 is 0. The lowest BCUT2D eigenvalue weighted by Gasteiger charge is -2.37. The maximum atomic E-state index is 10.9. The molecule has 170 valence electrons. The molecular weight excluding hydrogens is 524 g/mol. The molecule has 28 heavy (non-hydrogen) atoms. The highest BCUT2D eigenvalue weighted by Crippen LogP contribution is 2.39. The van der Waals surface area contributed by atoms with Crippen LogP contribution >= 0.6 is 49.5 Å². The van der Waals surface area contributed by atoms with Crippen LogP contribution in [0.2, 0.25) is 0 Å². The van der Waals surface area contributed by atoms with Crippen molar-refractivity contribution in [2.24, 2.45) is 0 Å². The average molecular weight is 539 g/mol. The third-order valence-electron chi connectivity index (χ3n) is 1.94. The zero-order chi connectivity index (χ0) is 22.0. The van der Waals surface area contributed by atoms with Gasteiger partial charge in [0.15, 0.2) is 0 Å². The minimum absolute atomic E-state index is 0.257. The van der Waals surface area contributed by atoms with E-state index in [-0.39, 0.29) is 4.90 Å². The second-order valence-electron chi connectivity index (χ2n) is 3.67. The minimum Gasteiger partial charge on any atom is -0.326 e.